The fraction of sp³-hybridized carbons (Fsp3) is 0.267. The van der Waals surface area contributed by atoms with E-state index in [4.69, 9.17) is 0 Å². The van der Waals surface area contributed by atoms with Crippen LogP contribution in [0, 0.1) is 0 Å². The largest absolute Gasteiger partial charge is 0.349 e. The fourth-order valence-electron chi connectivity index (χ4n) is 2.31. The second-order valence-corrected chi connectivity index (χ2v) is 6.72. The van der Waals surface area contributed by atoms with Gasteiger partial charge in [0.15, 0.2) is 0 Å². The summed E-state index contributed by atoms with van der Waals surface area (Å²) in [7, 11) is 0. The molecule has 1 aromatic heterocycles. The number of thiophene rings is 1. The molecule has 1 atom stereocenters. The second kappa shape index (κ2) is 5.80. The van der Waals surface area contributed by atoms with E-state index in [1.54, 1.807) is 11.3 Å². The molecule has 3 rings (SSSR count). The van der Waals surface area contributed by atoms with Crippen molar-refractivity contribution in [1.29, 1.82) is 0 Å². The van der Waals surface area contributed by atoms with E-state index in [9.17, 15) is 4.79 Å². The van der Waals surface area contributed by atoms with Crippen molar-refractivity contribution >= 4 is 29.0 Å². The fourth-order valence-corrected chi connectivity index (χ4v) is 4.14. The summed E-state index contributed by atoms with van der Waals surface area (Å²) in [6, 6.07) is 12.5. The standard InChI is InChI=1S/C15H15NOS2/c17-15(10-11-4-3-8-18-11)16-13-7-9-19-14-6-2-1-5-12(13)14/h1-6,8,13H,7,9-10H2,(H,16,17)/t13-/m0/s1. The minimum absolute atomic E-state index is 0.120. The number of nitrogens with one attached hydrogen (secondary N) is 1. The van der Waals surface area contributed by atoms with E-state index in [0.29, 0.717) is 6.42 Å². The van der Waals surface area contributed by atoms with Gasteiger partial charge in [0, 0.05) is 15.5 Å². The lowest BCUT2D eigenvalue weighted by molar-refractivity contribution is -0.121. The summed E-state index contributed by atoms with van der Waals surface area (Å²) in [5.74, 6) is 1.19. The molecule has 0 radical (unpaired) electrons. The molecule has 1 amide bonds. The Kier molecular flexibility index (Phi) is 3.89. The van der Waals surface area contributed by atoms with Crippen LogP contribution < -0.4 is 5.32 Å². The van der Waals surface area contributed by atoms with Crippen molar-refractivity contribution in [3.8, 4) is 0 Å². The van der Waals surface area contributed by atoms with Gasteiger partial charge in [0.05, 0.1) is 12.5 Å². The van der Waals surface area contributed by atoms with Crippen LogP contribution in [0.5, 0.6) is 0 Å². The second-order valence-electron chi connectivity index (χ2n) is 4.55. The predicted molar refractivity (Wildman–Crippen MR) is 80.7 cm³/mol. The molecule has 4 heteroatoms. The van der Waals surface area contributed by atoms with Gasteiger partial charge in [0.1, 0.15) is 0 Å². The van der Waals surface area contributed by atoms with Gasteiger partial charge in [-0.3, -0.25) is 4.79 Å². The lowest BCUT2D eigenvalue weighted by Crippen LogP contribution is -2.31. The number of fused-ring (bicyclic) bond motifs is 1. The normalized spacial score (nSPS) is 17.8. The number of thioether (sulfide) groups is 1. The SMILES string of the molecule is O=C(Cc1cccs1)N[C@H]1CCSc2ccccc21. The molecule has 0 saturated heterocycles. The zero-order valence-corrected chi connectivity index (χ0v) is 12.1. The Balaban J connectivity index is 1.69. The quantitative estimate of drug-likeness (QED) is 0.934. The summed E-state index contributed by atoms with van der Waals surface area (Å²) in [6.45, 7) is 0. The molecule has 0 spiro atoms. The first-order chi connectivity index (χ1) is 9.33. The molecule has 1 N–H and O–H groups in total. The molecule has 1 aliphatic rings. The molecule has 1 aromatic carbocycles. The van der Waals surface area contributed by atoms with Crippen molar-refractivity contribution in [2.24, 2.45) is 0 Å². The number of carbonyl (C=O) groups is 1. The van der Waals surface area contributed by atoms with Gasteiger partial charge in [-0.2, -0.15) is 0 Å². The first kappa shape index (κ1) is 12.8. The van der Waals surface area contributed by atoms with Gasteiger partial charge in [0.25, 0.3) is 0 Å². The van der Waals surface area contributed by atoms with Gasteiger partial charge >= 0.3 is 0 Å². The van der Waals surface area contributed by atoms with Crippen molar-refractivity contribution in [1.82, 2.24) is 5.32 Å². The molecular formula is C15H15NOS2. The molecule has 0 bridgehead atoms. The third-order valence-corrected chi connectivity index (χ3v) is 5.21. The van der Waals surface area contributed by atoms with Crippen LogP contribution in [0.4, 0.5) is 0 Å². The van der Waals surface area contributed by atoms with Crippen molar-refractivity contribution in [3.05, 3.63) is 52.2 Å². The van der Waals surface area contributed by atoms with Crippen LogP contribution in [0.15, 0.2) is 46.7 Å². The number of amides is 1. The van der Waals surface area contributed by atoms with Gasteiger partial charge < -0.3 is 5.32 Å². The first-order valence-corrected chi connectivity index (χ1v) is 8.23. The number of rotatable bonds is 3. The van der Waals surface area contributed by atoms with E-state index < -0.39 is 0 Å². The Labute approximate surface area is 121 Å². The zero-order chi connectivity index (χ0) is 13.1. The van der Waals surface area contributed by atoms with Gasteiger partial charge in [-0.15, -0.1) is 23.1 Å². The van der Waals surface area contributed by atoms with E-state index in [0.717, 1.165) is 17.1 Å². The maximum absolute atomic E-state index is 12.1. The molecule has 2 heterocycles. The summed E-state index contributed by atoms with van der Waals surface area (Å²) in [5, 5.41) is 5.18. The number of hydrogen-bond acceptors (Lipinski definition) is 3. The third kappa shape index (κ3) is 3.01. The monoisotopic (exact) mass is 289 g/mol. The molecule has 0 aliphatic carbocycles. The van der Waals surface area contributed by atoms with Crippen LogP contribution >= 0.6 is 23.1 Å². The van der Waals surface area contributed by atoms with E-state index in [-0.39, 0.29) is 11.9 Å². The number of carbonyl (C=O) groups excluding carboxylic acids is 1. The van der Waals surface area contributed by atoms with Crippen LogP contribution in [0.25, 0.3) is 0 Å². The zero-order valence-electron chi connectivity index (χ0n) is 10.5. The third-order valence-electron chi connectivity index (χ3n) is 3.21. The number of hydrogen-bond donors (Lipinski definition) is 1. The smallest absolute Gasteiger partial charge is 0.225 e. The minimum Gasteiger partial charge on any atom is -0.349 e. The van der Waals surface area contributed by atoms with Crippen LogP contribution in [0.3, 0.4) is 0 Å². The van der Waals surface area contributed by atoms with Crippen LogP contribution in [0.1, 0.15) is 22.9 Å². The first-order valence-electron chi connectivity index (χ1n) is 6.36. The average molecular weight is 289 g/mol. The molecule has 19 heavy (non-hydrogen) atoms. The molecule has 98 valence electrons. The molecule has 1 aliphatic heterocycles. The Morgan fingerprint density at radius 1 is 1.26 bits per heavy atom. The van der Waals surface area contributed by atoms with Gasteiger partial charge in [-0.1, -0.05) is 24.3 Å². The van der Waals surface area contributed by atoms with Crippen molar-refractivity contribution in [2.75, 3.05) is 5.75 Å². The minimum atomic E-state index is 0.120. The summed E-state index contributed by atoms with van der Waals surface area (Å²) in [5.41, 5.74) is 1.26. The lowest BCUT2D eigenvalue weighted by Gasteiger charge is -2.25. The maximum atomic E-state index is 12.1. The Bertz CT molecular complexity index is 565. The van der Waals surface area contributed by atoms with Gasteiger partial charge in [-0.05, 0) is 29.5 Å². The predicted octanol–water partition coefficient (Wildman–Crippen LogP) is 3.64. The maximum Gasteiger partial charge on any atom is 0.225 e. The van der Waals surface area contributed by atoms with E-state index in [1.165, 1.54) is 10.5 Å². The highest BCUT2D eigenvalue weighted by Crippen LogP contribution is 2.35. The highest BCUT2D eigenvalue weighted by Gasteiger charge is 2.21. The molecular weight excluding hydrogens is 274 g/mol. The Hall–Kier alpha value is -1.26. The van der Waals surface area contributed by atoms with Crippen molar-refractivity contribution in [2.45, 2.75) is 23.8 Å². The van der Waals surface area contributed by atoms with Gasteiger partial charge in [0.2, 0.25) is 5.91 Å². The molecule has 2 aromatic rings. The van der Waals surface area contributed by atoms with Crippen LogP contribution in [0.2, 0.25) is 0 Å². The Morgan fingerprint density at radius 2 is 2.16 bits per heavy atom. The van der Waals surface area contributed by atoms with Crippen LogP contribution in [-0.4, -0.2) is 11.7 Å². The van der Waals surface area contributed by atoms with E-state index >= 15 is 0 Å². The topological polar surface area (TPSA) is 29.1 Å². The van der Waals surface area contributed by atoms with Gasteiger partial charge in [-0.25, -0.2) is 0 Å². The van der Waals surface area contributed by atoms with E-state index in [1.807, 2.05) is 35.3 Å². The lowest BCUT2D eigenvalue weighted by atomic mass is 10.0. The highest BCUT2D eigenvalue weighted by molar-refractivity contribution is 7.99. The van der Waals surface area contributed by atoms with Crippen molar-refractivity contribution < 1.29 is 4.79 Å². The summed E-state index contributed by atoms with van der Waals surface area (Å²) < 4.78 is 0. The van der Waals surface area contributed by atoms with Crippen molar-refractivity contribution in [3.63, 3.8) is 0 Å². The Morgan fingerprint density at radius 3 is 3.00 bits per heavy atom. The number of benzene rings is 1. The van der Waals surface area contributed by atoms with Crippen LogP contribution in [-0.2, 0) is 11.2 Å². The molecule has 2 nitrogen and oxygen atoms in total. The summed E-state index contributed by atoms with van der Waals surface area (Å²) in [4.78, 5) is 14.5. The van der Waals surface area contributed by atoms with E-state index in [2.05, 4.69) is 23.5 Å². The molecule has 0 unspecified atom stereocenters. The molecule has 0 saturated carbocycles. The molecule has 0 fully saturated rings. The highest BCUT2D eigenvalue weighted by atomic mass is 32.2. The summed E-state index contributed by atoms with van der Waals surface area (Å²) >= 11 is 3.51. The summed E-state index contributed by atoms with van der Waals surface area (Å²) in [6.07, 6.45) is 1.50. The average Bonchev–Trinajstić information content (AvgIpc) is 2.92.